The maximum atomic E-state index is 11.5. The summed E-state index contributed by atoms with van der Waals surface area (Å²) in [5.74, 6) is 5.21. The SMILES string of the molecule is CC(C)N1C=C(C#CCO)C(N)NC1=O. The summed E-state index contributed by atoms with van der Waals surface area (Å²) in [6, 6.07) is -0.185. The molecular weight excluding hydrogens is 194 g/mol. The van der Waals surface area contributed by atoms with Gasteiger partial charge in [0.05, 0.1) is 5.57 Å². The molecule has 4 N–H and O–H groups in total. The molecule has 0 aromatic heterocycles. The van der Waals surface area contributed by atoms with E-state index in [1.165, 1.54) is 4.90 Å². The van der Waals surface area contributed by atoms with Gasteiger partial charge in [-0.1, -0.05) is 11.8 Å². The van der Waals surface area contributed by atoms with Crippen molar-refractivity contribution in [2.45, 2.75) is 26.1 Å². The molecule has 1 unspecified atom stereocenters. The smallest absolute Gasteiger partial charge is 0.323 e. The summed E-state index contributed by atoms with van der Waals surface area (Å²) in [6.07, 6.45) is 1.03. The van der Waals surface area contributed by atoms with Gasteiger partial charge in [0.15, 0.2) is 0 Å². The van der Waals surface area contributed by atoms with Gasteiger partial charge in [0.2, 0.25) is 0 Å². The summed E-state index contributed by atoms with van der Waals surface area (Å²) in [5.41, 5.74) is 6.26. The minimum absolute atomic E-state index is 0.0448. The van der Waals surface area contributed by atoms with E-state index in [0.29, 0.717) is 5.57 Å². The lowest BCUT2D eigenvalue weighted by atomic mass is 10.2. The molecular formula is C10H15N3O2. The van der Waals surface area contributed by atoms with E-state index in [4.69, 9.17) is 10.8 Å². The molecule has 1 rings (SSSR count). The number of amides is 2. The van der Waals surface area contributed by atoms with Gasteiger partial charge in [-0.25, -0.2) is 4.79 Å². The predicted molar refractivity (Wildman–Crippen MR) is 56.4 cm³/mol. The molecule has 0 radical (unpaired) electrons. The fourth-order valence-corrected chi connectivity index (χ4v) is 1.21. The van der Waals surface area contributed by atoms with Gasteiger partial charge >= 0.3 is 6.03 Å². The van der Waals surface area contributed by atoms with Crippen LogP contribution in [0.4, 0.5) is 4.79 Å². The van der Waals surface area contributed by atoms with Gasteiger partial charge in [-0.15, -0.1) is 0 Å². The Morgan fingerprint density at radius 2 is 2.40 bits per heavy atom. The van der Waals surface area contributed by atoms with Crippen molar-refractivity contribution in [2.24, 2.45) is 5.73 Å². The Labute approximate surface area is 88.9 Å². The standard InChI is InChI=1S/C10H15N3O2/c1-7(2)13-6-8(4-3-5-14)9(11)12-10(13)15/h6-7,9,14H,5,11H2,1-2H3,(H,12,15). The first kappa shape index (κ1) is 11.6. The molecule has 0 saturated heterocycles. The maximum Gasteiger partial charge on any atom is 0.323 e. The lowest BCUT2D eigenvalue weighted by Crippen LogP contribution is -2.53. The zero-order chi connectivity index (χ0) is 11.4. The van der Waals surface area contributed by atoms with Crippen LogP contribution in [0.2, 0.25) is 0 Å². The third-order valence-corrected chi connectivity index (χ3v) is 1.99. The molecule has 5 nitrogen and oxygen atoms in total. The van der Waals surface area contributed by atoms with E-state index in [2.05, 4.69) is 17.2 Å². The molecule has 1 aliphatic rings. The quantitative estimate of drug-likeness (QED) is 0.513. The molecule has 0 aliphatic carbocycles. The first-order valence-electron chi connectivity index (χ1n) is 4.72. The van der Waals surface area contributed by atoms with Gasteiger partial charge in [0, 0.05) is 12.2 Å². The highest BCUT2D eigenvalue weighted by Crippen LogP contribution is 2.10. The number of hydrogen-bond acceptors (Lipinski definition) is 3. The van der Waals surface area contributed by atoms with E-state index in [0.717, 1.165) is 0 Å². The second kappa shape index (κ2) is 4.82. The topological polar surface area (TPSA) is 78.6 Å². The number of hydrogen-bond donors (Lipinski definition) is 3. The van der Waals surface area contributed by atoms with Crippen LogP contribution in [0.25, 0.3) is 0 Å². The van der Waals surface area contributed by atoms with Crippen molar-refractivity contribution in [3.63, 3.8) is 0 Å². The molecule has 0 spiro atoms. The van der Waals surface area contributed by atoms with E-state index < -0.39 is 6.17 Å². The monoisotopic (exact) mass is 209 g/mol. The number of urea groups is 1. The molecule has 0 aromatic carbocycles. The average molecular weight is 209 g/mol. The lowest BCUT2D eigenvalue weighted by molar-refractivity contribution is 0.198. The third-order valence-electron chi connectivity index (χ3n) is 1.99. The van der Waals surface area contributed by atoms with Crippen molar-refractivity contribution in [2.75, 3.05) is 6.61 Å². The second-order valence-electron chi connectivity index (χ2n) is 3.47. The fraction of sp³-hybridized carbons (Fsp3) is 0.500. The predicted octanol–water partition coefficient (Wildman–Crippen LogP) is -0.416. The summed E-state index contributed by atoms with van der Waals surface area (Å²) in [5, 5.41) is 11.1. The molecule has 82 valence electrons. The van der Waals surface area contributed by atoms with Crippen LogP contribution >= 0.6 is 0 Å². The van der Waals surface area contributed by atoms with Gasteiger partial charge in [0.25, 0.3) is 0 Å². The molecule has 0 fully saturated rings. The number of nitrogens with two attached hydrogens (primary N) is 1. The lowest BCUT2D eigenvalue weighted by Gasteiger charge is -2.30. The number of carbonyl (C=O) groups is 1. The van der Waals surface area contributed by atoms with Gasteiger partial charge in [-0.3, -0.25) is 4.90 Å². The number of nitrogens with zero attached hydrogens (tertiary/aromatic N) is 1. The molecule has 2 amide bonds. The summed E-state index contributed by atoms with van der Waals surface area (Å²) in [7, 11) is 0. The van der Waals surface area contributed by atoms with Crippen LogP contribution in [0.1, 0.15) is 13.8 Å². The first-order chi connectivity index (χ1) is 7.06. The van der Waals surface area contributed by atoms with Crippen LogP contribution < -0.4 is 11.1 Å². The Bertz CT molecular complexity index is 338. The van der Waals surface area contributed by atoms with Crippen molar-refractivity contribution in [3.05, 3.63) is 11.8 Å². The van der Waals surface area contributed by atoms with E-state index in [-0.39, 0.29) is 18.7 Å². The normalized spacial score (nSPS) is 20.6. The molecule has 1 heterocycles. The maximum absolute atomic E-state index is 11.5. The van der Waals surface area contributed by atoms with Crippen LogP contribution in [-0.2, 0) is 0 Å². The summed E-state index contributed by atoms with van der Waals surface area (Å²) >= 11 is 0. The minimum Gasteiger partial charge on any atom is -0.384 e. The summed E-state index contributed by atoms with van der Waals surface area (Å²) < 4.78 is 0. The first-order valence-corrected chi connectivity index (χ1v) is 4.72. The van der Waals surface area contributed by atoms with Crippen molar-refractivity contribution in [1.29, 1.82) is 0 Å². The third kappa shape index (κ3) is 2.72. The zero-order valence-corrected chi connectivity index (χ0v) is 8.82. The highest BCUT2D eigenvalue weighted by atomic mass is 16.2. The van der Waals surface area contributed by atoms with Crippen LogP contribution in [0.3, 0.4) is 0 Å². The highest BCUT2D eigenvalue weighted by Gasteiger charge is 2.24. The van der Waals surface area contributed by atoms with Crippen LogP contribution in [-0.4, -0.2) is 34.9 Å². The zero-order valence-electron chi connectivity index (χ0n) is 8.82. The van der Waals surface area contributed by atoms with Gasteiger partial charge in [-0.05, 0) is 13.8 Å². The number of nitrogens with one attached hydrogen (secondary N) is 1. The van der Waals surface area contributed by atoms with Crippen molar-refractivity contribution in [1.82, 2.24) is 10.2 Å². The van der Waals surface area contributed by atoms with Gasteiger partial charge in [0.1, 0.15) is 12.8 Å². The van der Waals surface area contributed by atoms with E-state index in [1.54, 1.807) is 6.20 Å². The molecule has 0 saturated carbocycles. The Morgan fingerprint density at radius 3 is 2.93 bits per heavy atom. The molecule has 15 heavy (non-hydrogen) atoms. The second-order valence-corrected chi connectivity index (χ2v) is 3.47. The average Bonchev–Trinajstić information content (AvgIpc) is 2.16. The van der Waals surface area contributed by atoms with Crippen molar-refractivity contribution in [3.8, 4) is 11.8 Å². The van der Waals surface area contributed by atoms with E-state index in [1.807, 2.05) is 13.8 Å². The van der Waals surface area contributed by atoms with Crippen molar-refractivity contribution < 1.29 is 9.90 Å². The minimum atomic E-state index is -0.591. The summed E-state index contributed by atoms with van der Waals surface area (Å²) in [6.45, 7) is 3.56. The molecule has 1 atom stereocenters. The Balaban J connectivity index is 2.93. The van der Waals surface area contributed by atoms with Gasteiger partial charge in [-0.2, -0.15) is 0 Å². The van der Waals surface area contributed by atoms with E-state index in [9.17, 15) is 4.79 Å². The highest BCUT2D eigenvalue weighted by molar-refractivity contribution is 5.78. The van der Waals surface area contributed by atoms with Crippen LogP contribution in [0.15, 0.2) is 11.8 Å². The number of aliphatic hydroxyl groups is 1. The Morgan fingerprint density at radius 1 is 1.73 bits per heavy atom. The molecule has 0 bridgehead atoms. The summed E-state index contributed by atoms with van der Waals surface area (Å²) in [4.78, 5) is 13.0. The van der Waals surface area contributed by atoms with Crippen LogP contribution in [0, 0.1) is 11.8 Å². The molecule has 1 aliphatic heterocycles. The number of rotatable bonds is 1. The van der Waals surface area contributed by atoms with Gasteiger partial charge < -0.3 is 16.2 Å². The Hall–Kier alpha value is -1.51. The van der Waals surface area contributed by atoms with E-state index >= 15 is 0 Å². The number of carbonyl (C=O) groups excluding carboxylic acids is 1. The largest absolute Gasteiger partial charge is 0.384 e. The molecule has 5 heteroatoms. The Kier molecular flexibility index (Phi) is 3.72. The fourth-order valence-electron chi connectivity index (χ4n) is 1.21. The van der Waals surface area contributed by atoms with Crippen molar-refractivity contribution >= 4 is 6.03 Å². The molecule has 0 aromatic rings. The van der Waals surface area contributed by atoms with Crippen LogP contribution in [0.5, 0.6) is 0 Å². The number of aliphatic hydroxyl groups excluding tert-OH is 1.